The van der Waals surface area contributed by atoms with E-state index in [-0.39, 0.29) is 22.2 Å². The Morgan fingerprint density at radius 2 is 2.08 bits per heavy atom. The van der Waals surface area contributed by atoms with Gasteiger partial charge in [0, 0.05) is 31.8 Å². The number of amides is 1. The molecule has 7 nitrogen and oxygen atoms in total. The minimum absolute atomic E-state index is 0.0795. The second-order valence-corrected chi connectivity index (χ2v) is 7.41. The van der Waals surface area contributed by atoms with E-state index in [9.17, 15) is 13.2 Å². The third-order valence-corrected chi connectivity index (χ3v) is 5.23. The van der Waals surface area contributed by atoms with Gasteiger partial charge in [-0.1, -0.05) is 11.6 Å². The topological polar surface area (TPSA) is 84.9 Å². The quantitative estimate of drug-likeness (QED) is 0.624. The number of ether oxygens (including phenoxy) is 2. The zero-order chi connectivity index (χ0) is 18.2. The number of hydrogen-bond acceptors (Lipinski definition) is 5. The largest absolute Gasteiger partial charge is 0.495 e. The van der Waals surface area contributed by atoms with Crippen LogP contribution in [0, 0.1) is 0 Å². The summed E-state index contributed by atoms with van der Waals surface area (Å²) in [5.74, 6) is -0.220. The van der Waals surface area contributed by atoms with Crippen LogP contribution in [0.3, 0.4) is 0 Å². The molecule has 0 aliphatic carbocycles. The molecule has 136 valence electrons. The van der Waals surface area contributed by atoms with Crippen LogP contribution in [0.25, 0.3) is 0 Å². The Hall–Kier alpha value is -1.35. The highest BCUT2D eigenvalue weighted by Gasteiger charge is 2.26. The maximum Gasteiger partial charge on any atom is 0.247 e. The number of carbonyl (C=O) groups is 1. The van der Waals surface area contributed by atoms with Gasteiger partial charge in [-0.25, -0.2) is 8.42 Å². The molecule has 9 heteroatoms. The van der Waals surface area contributed by atoms with Crippen LogP contribution >= 0.6 is 11.6 Å². The molecule has 0 saturated heterocycles. The highest BCUT2D eigenvalue weighted by molar-refractivity contribution is 7.89. The smallest absolute Gasteiger partial charge is 0.247 e. The van der Waals surface area contributed by atoms with Crippen molar-refractivity contribution in [2.75, 3.05) is 40.5 Å². The van der Waals surface area contributed by atoms with Crippen LogP contribution in [0.5, 0.6) is 5.75 Å². The molecular weight excluding hydrogens is 356 g/mol. The Morgan fingerprint density at radius 1 is 1.38 bits per heavy atom. The van der Waals surface area contributed by atoms with Crippen LogP contribution in [0.4, 0.5) is 0 Å². The van der Waals surface area contributed by atoms with E-state index in [4.69, 9.17) is 21.1 Å². The van der Waals surface area contributed by atoms with E-state index in [0.29, 0.717) is 26.2 Å². The number of nitrogens with zero attached hydrogens (tertiary/aromatic N) is 1. The molecule has 0 bridgehead atoms. The Morgan fingerprint density at radius 3 is 2.71 bits per heavy atom. The number of benzene rings is 1. The first-order valence-corrected chi connectivity index (χ1v) is 9.29. The Kier molecular flexibility index (Phi) is 8.47. The predicted molar refractivity (Wildman–Crippen MR) is 91.9 cm³/mol. The van der Waals surface area contributed by atoms with Gasteiger partial charge in [-0.3, -0.25) is 4.79 Å². The van der Waals surface area contributed by atoms with Crippen LogP contribution in [0.1, 0.15) is 13.3 Å². The molecule has 0 heterocycles. The minimum Gasteiger partial charge on any atom is -0.495 e. The number of hydrogen-bond donors (Lipinski definition) is 1. The lowest BCUT2D eigenvalue weighted by atomic mass is 10.3. The van der Waals surface area contributed by atoms with Gasteiger partial charge in [0.2, 0.25) is 15.9 Å². The summed E-state index contributed by atoms with van der Waals surface area (Å²) in [7, 11) is -1.20. The van der Waals surface area contributed by atoms with Gasteiger partial charge in [0.1, 0.15) is 10.6 Å². The van der Waals surface area contributed by atoms with Crippen molar-refractivity contribution in [1.82, 2.24) is 9.62 Å². The molecule has 1 amide bonds. The fourth-order valence-electron chi connectivity index (χ4n) is 1.91. The van der Waals surface area contributed by atoms with Gasteiger partial charge < -0.3 is 14.8 Å². The molecule has 0 aromatic heterocycles. The fourth-order valence-corrected chi connectivity index (χ4v) is 3.45. The predicted octanol–water partition coefficient (Wildman–Crippen LogP) is 1.51. The van der Waals surface area contributed by atoms with Crippen molar-refractivity contribution < 1.29 is 22.7 Å². The van der Waals surface area contributed by atoms with Crippen LogP contribution in [0.15, 0.2) is 23.1 Å². The van der Waals surface area contributed by atoms with Gasteiger partial charge in [-0.2, -0.15) is 4.31 Å². The van der Waals surface area contributed by atoms with Crippen molar-refractivity contribution in [2.45, 2.75) is 18.2 Å². The van der Waals surface area contributed by atoms with Gasteiger partial charge >= 0.3 is 0 Å². The monoisotopic (exact) mass is 378 g/mol. The van der Waals surface area contributed by atoms with Crippen LogP contribution in [0.2, 0.25) is 5.02 Å². The Labute approximate surface area is 147 Å². The molecule has 0 fully saturated rings. The van der Waals surface area contributed by atoms with Crippen molar-refractivity contribution in [3.05, 3.63) is 23.2 Å². The molecule has 1 N–H and O–H groups in total. The minimum atomic E-state index is -3.90. The first-order chi connectivity index (χ1) is 11.3. The molecule has 0 spiro atoms. The first kappa shape index (κ1) is 20.7. The van der Waals surface area contributed by atoms with E-state index in [1.54, 1.807) is 0 Å². The summed E-state index contributed by atoms with van der Waals surface area (Å²) in [5, 5.41) is 2.92. The molecule has 1 rings (SSSR count). The lowest BCUT2D eigenvalue weighted by Crippen LogP contribution is -2.38. The summed E-state index contributed by atoms with van der Waals surface area (Å²) in [4.78, 5) is 11.8. The molecular formula is C15H23ClN2O5S. The standard InChI is InChI=1S/C15H23ClN2O5S/c1-4-23-9-5-8-17-15(19)11-18(2)24(20,21)14-10-12(16)6-7-13(14)22-3/h6-7,10H,4-5,8-9,11H2,1-3H3,(H,17,19). The highest BCUT2D eigenvalue weighted by Crippen LogP contribution is 2.28. The van der Waals surface area contributed by atoms with Crippen molar-refractivity contribution in [1.29, 1.82) is 0 Å². The zero-order valence-corrected chi connectivity index (χ0v) is 15.6. The summed E-state index contributed by atoms with van der Waals surface area (Å²) in [6.07, 6.45) is 0.665. The number of carbonyl (C=O) groups excluding carboxylic acids is 1. The van der Waals surface area contributed by atoms with Gasteiger partial charge in [0.05, 0.1) is 13.7 Å². The maximum atomic E-state index is 12.6. The first-order valence-electron chi connectivity index (χ1n) is 7.47. The molecule has 0 saturated carbocycles. The van der Waals surface area contributed by atoms with E-state index in [1.807, 2.05) is 6.92 Å². The van der Waals surface area contributed by atoms with Crippen molar-refractivity contribution in [3.63, 3.8) is 0 Å². The third kappa shape index (κ3) is 5.94. The molecule has 0 atom stereocenters. The van der Waals surface area contributed by atoms with Crippen molar-refractivity contribution in [3.8, 4) is 5.75 Å². The van der Waals surface area contributed by atoms with Crippen LogP contribution in [-0.4, -0.2) is 59.1 Å². The van der Waals surface area contributed by atoms with E-state index in [2.05, 4.69) is 5.32 Å². The number of rotatable bonds is 10. The average molecular weight is 379 g/mol. The number of methoxy groups -OCH3 is 1. The SMILES string of the molecule is CCOCCCNC(=O)CN(C)S(=O)(=O)c1cc(Cl)ccc1OC. The highest BCUT2D eigenvalue weighted by atomic mass is 35.5. The molecule has 0 aliphatic rings. The second kappa shape index (κ2) is 9.83. The van der Waals surface area contributed by atoms with Gasteiger partial charge in [-0.05, 0) is 31.5 Å². The second-order valence-electron chi connectivity index (χ2n) is 4.96. The average Bonchev–Trinajstić information content (AvgIpc) is 2.54. The van der Waals surface area contributed by atoms with Gasteiger partial charge in [0.15, 0.2) is 0 Å². The molecule has 1 aromatic carbocycles. The van der Waals surface area contributed by atoms with Crippen LogP contribution in [-0.2, 0) is 19.6 Å². The fraction of sp³-hybridized carbons (Fsp3) is 0.533. The summed E-state index contributed by atoms with van der Waals surface area (Å²) >= 11 is 5.87. The number of nitrogens with one attached hydrogen (secondary N) is 1. The molecule has 24 heavy (non-hydrogen) atoms. The lowest BCUT2D eigenvalue weighted by molar-refractivity contribution is -0.121. The summed E-state index contributed by atoms with van der Waals surface area (Å²) in [6.45, 7) is 3.18. The van der Waals surface area contributed by atoms with E-state index < -0.39 is 15.9 Å². The van der Waals surface area contributed by atoms with Crippen molar-refractivity contribution >= 4 is 27.5 Å². The molecule has 0 radical (unpaired) electrons. The molecule has 0 unspecified atom stereocenters. The van der Waals surface area contributed by atoms with E-state index in [0.717, 1.165) is 4.31 Å². The summed E-state index contributed by atoms with van der Waals surface area (Å²) < 4.78 is 36.4. The van der Waals surface area contributed by atoms with Crippen LogP contribution < -0.4 is 10.1 Å². The molecule has 1 aromatic rings. The Balaban J connectivity index is 2.70. The van der Waals surface area contributed by atoms with E-state index in [1.165, 1.54) is 32.4 Å². The third-order valence-electron chi connectivity index (χ3n) is 3.17. The van der Waals surface area contributed by atoms with Gasteiger partial charge in [-0.15, -0.1) is 0 Å². The molecule has 0 aliphatic heterocycles. The van der Waals surface area contributed by atoms with E-state index >= 15 is 0 Å². The number of sulfonamides is 1. The van der Waals surface area contributed by atoms with Gasteiger partial charge in [0.25, 0.3) is 0 Å². The van der Waals surface area contributed by atoms with Crippen molar-refractivity contribution in [2.24, 2.45) is 0 Å². The normalized spacial score (nSPS) is 11.5. The summed E-state index contributed by atoms with van der Waals surface area (Å²) in [5.41, 5.74) is 0. The number of halogens is 1. The lowest BCUT2D eigenvalue weighted by Gasteiger charge is -2.18. The Bertz CT molecular complexity index is 651. The number of likely N-dealkylation sites (N-methyl/N-ethyl adjacent to an activating group) is 1. The maximum absolute atomic E-state index is 12.6. The zero-order valence-electron chi connectivity index (χ0n) is 14.0. The summed E-state index contributed by atoms with van der Waals surface area (Å²) in [6, 6.07) is 4.30.